The molecule has 0 fully saturated rings. The number of rotatable bonds is 4. The Kier molecular flexibility index (Phi) is 4.07. The largest absolute Gasteiger partial charge is 0.487 e. The van der Waals surface area contributed by atoms with Crippen molar-refractivity contribution in [1.82, 2.24) is 15.0 Å². The predicted molar refractivity (Wildman–Crippen MR) is 81.0 cm³/mol. The van der Waals surface area contributed by atoms with Crippen LogP contribution in [0.5, 0.6) is 5.75 Å². The lowest BCUT2D eigenvalue weighted by atomic mass is 10.1. The lowest BCUT2D eigenvalue weighted by Gasteiger charge is -2.08. The molecule has 5 heteroatoms. The number of pyridine rings is 1. The van der Waals surface area contributed by atoms with E-state index in [1.54, 1.807) is 24.8 Å². The zero-order valence-electron chi connectivity index (χ0n) is 11.1. The van der Waals surface area contributed by atoms with Crippen LogP contribution in [0.4, 0.5) is 0 Å². The monoisotopic (exact) mass is 297 g/mol. The third-order valence-corrected chi connectivity index (χ3v) is 3.33. The maximum absolute atomic E-state index is 6.11. The molecule has 0 aliphatic carbocycles. The molecule has 0 amide bonds. The van der Waals surface area contributed by atoms with E-state index in [2.05, 4.69) is 15.0 Å². The molecule has 0 aliphatic rings. The maximum Gasteiger partial charge on any atom is 0.138 e. The zero-order valence-corrected chi connectivity index (χ0v) is 11.9. The summed E-state index contributed by atoms with van der Waals surface area (Å²) >= 11 is 6.11. The van der Waals surface area contributed by atoms with Crippen LogP contribution in [-0.4, -0.2) is 15.0 Å². The van der Waals surface area contributed by atoms with Crippen molar-refractivity contribution in [3.63, 3.8) is 0 Å². The molecule has 3 rings (SSSR count). The third kappa shape index (κ3) is 3.35. The molecule has 0 radical (unpaired) electrons. The summed E-state index contributed by atoms with van der Waals surface area (Å²) in [7, 11) is 0. The average molecular weight is 298 g/mol. The average Bonchev–Trinajstić information content (AvgIpc) is 2.55. The fraction of sp³-hybridized carbons (Fsp3) is 0.0625. The number of nitrogens with zero attached hydrogens (tertiary/aromatic N) is 3. The van der Waals surface area contributed by atoms with Crippen LogP contribution >= 0.6 is 11.6 Å². The van der Waals surface area contributed by atoms with Crippen LogP contribution < -0.4 is 4.74 Å². The zero-order chi connectivity index (χ0) is 14.5. The van der Waals surface area contributed by atoms with E-state index in [1.807, 2.05) is 30.3 Å². The molecule has 0 saturated heterocycles. The molecule has 0 aliphatic heterocycles. The van der Waals surface area contributed by atoms with Gasteiger partial charge in [0.1, 0.15) is 18.7 Å². The van der Waals surface area contributed by atoms with Gasteiger partial charge < -0.3 is 4.74 Å². The van der Waals surface area contributed by atoms with Gasteiger partial charge in [-0.25, -0.2) is 9.97 Å². The maximum atomic E-state index is 6.11. The van der Waals surface area contributed by atoms with Gasteiger partial charge in [0.05, 0.1) is 6.20 Å². The van der Waals surface area contributed by atoms with E-state index >= 15 is 0 Å². The van der Waals surface area contributed by atoms with Gasteiger partial charge >= 0.3 is 0 Å². The molecule has 2 heterocycles. The highest BCUT2D eigenvalue weighted by molar-refractivity contribution is 6.31. The fourth-order valence-corrected chi connectivity index (χ4v) is 2.07. The van der Waals surface area contributed by atoms with Gasteiger partial charge in [0.15, 0.2) is 0 Å². The fourth-order valence-electron chi connectivity index (χ4n) is 1.88. The van der Waals surface area contributed by atoms with Crippen molar-refractivity contribution in [2.24, 2.45) is 0 Å². The first-order valence-corrected chi connectivity index (χ1v) is 6.77. The normalized spacial score (nSPS) is 10.3. The van der Waals surface area contributed by atoms with E-state index in [-0.39, 0.29) is 0 Å². The van der Waals surface area contributed by atoms with Gasteiger partial charge in [0.2, 0.25) is 0 Å². The van der Waals surface area contributed by atoms with Crippen LogP contribution in [0.15, 0.2) is 61.4 Å². The lowest BCUT2D eigenvalue weighted by Crippen LogP contribution is -1.97. The third-order valence-electron chi connectivity index (χ3n) is 2.96. The molecule has 4 nitrogen and oxygen atoms in total. The number of aromatic nitrogens is 3. The molecule has 0 atom stereocenters. The SMILES string of the molecule is Clc1ccccc1COc1cncc(-c2cncnc2)c1. The van der Waals surface area contributed by atoms with Gasteiger partial charge in [-0.1, -0.05) is 29.8 Å². The standard InChI is InChI=1S/C16H12ClN3O/c17-16-4-2-1-3-12(16)10-21-15-5-13(6-18-9-15)14-7-19-11-20-8-14/h1-9,11H,10H2. The van der Waals surface area contributed by atoms with Crippen molar-refractivity contribution in [1.29, 1.82) is 0 Å². The summed E-state index contributed by atoms with van der Waals surface area (Å²) < 4.78 is 5.75. The Hall–Kier alpha value is -2.46. The molecule has 21 heavy (non-hydrogen) atoms. The number of halogens is 1. The Labute approximate surface area is 127 Å². The van der Waals surface area contributed by atoms with Crippen LogP contribution in [0.3, 0.4) is 0 Å². The second-order valence-electron chi connectivity index (χ2n) is 4.42. The number of benzene rings is 1. The minimum Gasteiger partial charge on any atom is -0.487 e. The first-order chi connectivity index (χ1) is 10.3. The van der Waals surface area contributed by atoms with Gasteiger partial charge in [-0.2, -0.15) is 0 Å². The van der Waals surface area contributed by atoms with Gasteiger partial charge in [-0.15, -0.1) is 0 Å². The summed E-state index contributed by atoms with van der Waals surface area (Å²) in [6.07, 6.45) is 8.39. The first-order valence-electron chi connectivity index (χ1n) is 6.39. The van der Waals surface area contributed by atoms with Crippen LogP contribution in [0, 0.1) is 0 Å². The Morgan fingerprint density at radius 2 is 1.67 bits per heavy atom. The van der Waals surface area contributed by atoms with E-state index in [0.717, 1.165) is 16.7 Å². The van der Waals surface area contributed by atoms with Gasteiger partial charge in [0.25, 0.3) is 0 Å². The van der Waals surface area contributed by atoms with E-state index in [1.165, 1.54) is 6.33 Å². The molecule has 1 aromatic carbocycles. The Morgan fingerprint density at radius 1 is 0.905 bits per heavy atom. The van der Waals surface area contributed by atoms with E-state index < -0.39 is 0 Å². The molecular weight excluding hydrogens is 286 g/mol. The molecule has 3 aromatic rings. The second-order valence-corrected chi connectivity index (χ2v) is 4.82. The lowest BCUT2D eigenvalue weighted by molar-refractivity contribution is 0.305. The van der Waals surface area contributed by atoms with Crippen LogP contribution in [-0.2, 0) is 6.61 Å². The van der Waals surface area contributed by atoms with Crippen LogP contribution in [0.25, 0.3) is 11.1 Å². The molecular formula is C16H12ClN3O. The van der Waals surface area contributed by atoms with Crippen molar-refractivity contribution < 1.29 is 4.74 Å². The van der Waals surface area contributed by atoms with Crippen molar-refractivity contribution in [3.8, 4) is 16.9 Å². The molecule has 104 valence electrons. The highest BCUT2D eigenvalue weighted by atomic mass is 35.5. The topological polar surface area (TPSA) is 47.9 Å². The summed E-state index contributed by atoms with van der Waals surface area (Å²) in [6, 6.07) is 9.51. The van der Waals surface area contributed by atoms with Gasteiger partial charge in [-0.05, 0) is 12.1 Å². The summed E-state index contributed by atoms with van der Waals surface area (Å²) in [5, 5.41) is 0.693. The molecule has 0 spiro atoms. The Bertz CT molecular complexity index is 734. The minimum atomic E-state index is 0.399. The highest BCUT2D eigenvalue weighted by Crippen LogP contribution is 2.23. The van der Waals surface area contributed by atoms with Gasteiger partial charge in [-0.3, -0.25) is 4.98 Å². The molecule has 0 unspecified atom stereocenters. The van der Waals surface area contributed by atoms with Crippen molar-refractivity contribution >= 4 is 11.6 Å². The quantitative estimate of drug-likeness (QED) is 0.735. The van der Waals surface area contributed by atoms with Crippen molar-refractivity contribution in [2.45, 2.75) is 6.61 Å². The second kappa shape index (κ2) is 6.33. The van der Waals surface area contributed by atoms with Crippen molar-refractivity contribution in [2.75, 3.05) is 0 Å². The highest BCUT2D eigenvalue weighted by Gasteiger charge is 2.03. The first kappa shape index (κ1) is 13.5. The Morgan fingerprint density at radius 3 is 2.48 bits per heavy atom. The molecule has 2 aromatic heterocycles. The summed E-state index contributed by atoms with van der Waals surface area (Å²) in [5.74, 6) is 0.677. The molecule has 0 N–H and O–H groups in total. The van der Waals surface area contributed by atoms with Crippen molar-refractivity contribution in [3.05, 3.63) is 72.0 Å². The van der Waals surface area contributed by atoms with Crippen LogP contribution in [0.2, 0.25) is 5.02 Å². The molecule has 0 saturated carbocycles. The summed E-state index contributed by atoms with van der Waals surface area (Å²) in [5.41, 5.74) is 2.74. The number of ether oxygens (including phenoxy) is 1. The predicted octanol–water partition coefficient (Wildman–Crippen LogP) is 3.77. The summed E-state index contributed by atoms with van der Waals surface area (Å²) in [4.78, 5) is 12.2. The molecule has 0 bridgehead atoms. The van der Waals surface area contributed by atoms with E-state index in [9.17, 15) is 0 Å². The number of hydrogen-bond donors (Lipinski definition) is 0. The van der Waals surface area contributed by atoms with E-state index in [0.29, 0.717) is 17.4 Å². The Balaban J connectivity index is 1.77. The van der Waals surface area contributed by atoms with E-state index in [4.69, 9.17) is 16.3 Å². The van der Waals surface area contributed by atoms with Gasteiger partial charge in [0, 0.05) is 40.3 Å². The smallest absolute Gasteiger partial charge is 0.138 e. The minimum absolute atomic E-state index is 0.399. The van der Waals surface area contributed by atoms with Crippen LogP contribution in [0.1, 0.15) is 5.56 Å². The number of hydrogen-bond acceptors (Lipinski definition) is 4. The summed E-state index contributed by atoms with van der Waals surface area (Å²) in [6.45, 7) is 0.399.